The molecule has 0 aliphatic rings. The third-order valence-corrected chi connectivity index (χ3v) is 2.34. The molecule has 0 atom stereocenters. The molecule has 0 saturated carbocycles. The minimum atomic E-state index is 0.405. The summed E-state index contributed by atoms with van der Waals surface area (Å²) in [5.74, 6) is 1.31. The fourth-order valence-electron chi connectivity index (χ4n) is 1.46. The Morgan fingerprint density at radius 3 is 2.60 bits per heavy atom. The van der Waals surface area contributed by atoms with Crippen molar-refractivity contribution in [1.82, 2.24) is 10.5 Å². The quantitative estimate of drug-likeness (QED) is 0.350. The maximum Gasteiger partial charge on any atom is 0.213 e. The van der Waals surface area contributed by atoms with Gasteiger partial charge in [0, 0.05) is 6.07 Å². The summed E-state index contributed by atoms with van der Waals surface area (Å²) in [6.45, 7) is 0.850. The lowest BCUT2D eigenvalue weighted by Crippen LogP contribution is -2.09. The van der Waals surface area contributed by atoms with Gasteiger partial charge in [-0.1, -0.05) is 18.2 Å². The van der Waals surface area contributed by atoms with Crippen LogP contribution in [0.4, 0.5) is 5.69 Å². The summed E-state index contributed by atoms with van der Waals surface area (Å²) in [5, 5.41) is 8.36. The van der Waals surface area contributed by atoms with Gasteiger partial charge in [0.1, 0.15) is 25.3 Å². The van der Waals surface area contributed by atoms with Gasteiger partial charge in [-0.25, -0.2) is 9.98 Å². The van der Waals surface area contributed by atoms with Gasteiger partial charge in [0.15, 0.2) is 0 Å². The molecule has 0 amide bonds. The molecule has 0 bridgehead atoms. The topological polar surface area (TPSA) is 76.0 Å². The van der Waals surface area contributed by atoms with E-state index in [1.807, 2.05) is 35.8 Å². The van der Waals surface area contributed by atoms with E-state index in [9.17, 15) is 0 Å². The Labute approximate surface area is 116 Å². The summed E-state index contributed by atoms with van der Waals surface area (Å²) >= 11 is 0. The minimum Gasteiger partial charge on any atom is -0.490 e. The van der Waals surface area contributed by atoms with Gasteiger partial charge in [-0.2, -0.15) is 0 Å². The second-order valence-corrected chi connectivity index (χ2v) is 3.75. The van der Waals surface area contributed by atoms with E-state index in [1.54, 1.807) is 18.3 Å². The lowest BCUT2D eigenvalue weighted by Gasteiger charge is -2.07. The van der Waals surface area contributed by atoms with E-state index >= 15 is 0 Å². The SMILES string of the molecule is ONC=Nc1ccc(OCCOc2ccccc2)nc1. The van der Waals surface area contributed by atoms with E-state index in [2.05, 4.69) is 9.98 Å². The predicted molar refractivity (Wildman–Crippen MR) is 74.7 cm³/mol. The molecule has 6 nitrogen and oxygen atoms in total. The normalized spacial score (nSPS) is 10.4. The Morgan fingerprint density at radius 2 is 1.90 bits per heavy atom. The van der Waals surface area contributed by atoms with Crippen LogP contribution in [0.25, 0.3) is 0 Å². The fourth-order valence-corrected chi connectivity index (χ4v) is 1.46. The highest BCUT2D eigenvalue weighted by Crippen LogP contribution is 2.14. The Morgan fingerprint density at radius 1 is 1.10 bits per heavy atom. The van der Waals surface area contributed by atoms with E-state index in [1.165, 1.54) is 0 Å². The van der Waals surface area contributed by atoms with Gasteiger partial charge in [0.05, 0.1) is 11.9 Å². The first-order valence-electron chi connectivity index (χ1n) is 6.07. The second-order valence-electron chi connectivity index (χ2n) is 3.75. The van der Waals surface area contributed by atoms with E-state index in [0.29, 0.717) is 24.8 Å². The monoisotopic (exact) mass is 273 g/mol. The van der Waals surface area contributed by atoms with Crippen LogP contribution >= 0.6 is 0 Å². The molecule has 2 aromatic rings. The second kappa shape index (κ2) is 7.75. The molecule has 0 spiro atoms. The first kappa shape index (κ1) is 13.8. The number of pyridine rings is 1. The van der Waals surface area contributed by atoms with Crippen molar-refractivity contribution in [3.63, 3.8) is 0 Å². The van der Waals surface area contributed by atoms with Crippen LogP contribution in [0.3, 0.4) is 0 Å². The molecule has 2 N–H and O–H groups in total. The van der Waals surface area contributed by atoms with Gasteiger partial charge in [-0.05, 0) is 18.2 Å². The number of aromatic nitrogens is 1. The Balaban J connectivity index is 1.73. The standard InChI is InChI=1S/C14H15N3O3/c18-17-11-16-12-6-7-14(15-10-12)20-9-8-19-13-4-2-1-3-5-13/h1-7,10-11,18H,8-9H2,(H,16,17). The Kier molecular flexibility index (Phi) is 5.36. The number of para-hydroxylation sites is 1. The van der Waals surface area contributed by atoms with Crippen molar-refractivity contribution >= 4 is 12.0 Å². The van der Waals surface area contributed by atoms with Crippen LogP contribution < -0.4 is 15.0 Å². The van der Waals surface area contributed by atoms with Crippen molar-refractivity contribution < 1.29 is 14.7 Å². The molecule has 104 valence electrons. The largest absolute Gasteiger partial charge is 0.490 e. The van der Waals surface area contributed by atoms with Gasteiger partial charge >= 0.3 is 0 Å². The number of benzene rings is 1. The van der Waals surface area contributed by atoms with Gasteiger partial charge in [0.25, 0.3) is 0 Å². The number of aliphatic imine (C=N–C) groups is 1. The number of nitrogens with zero attached hydrogens (tertiary/aromatic N) is 2. The van der Waals surface area contributed by atoms with Crippen LogP contribution in [0.5, 0.6) is 11.6 Å². The highest BCUT2D eigenvalue weighted by molar-refractivity contribution is 5.59. The molecular formula is C14H15N3O3. The molecule has 0 saturated heterocycles. The van der Waals surface area contributed by atoms with Crippen LogP contribution in [0.1, 0.15) is 0 Å². The van der Waals surface area contributed by atoms with Crippen LogP contribution in [-0.4, -0.2) is 29.7 Å². The number of rotatable bonds is 7. The number of hydrogen-bond donors (Lipinski definition) is 2. The van der Waals surface area contributed by atoms with E-state index < -0.39 is 0 Å². The third-order valence-electron chi connectivity index (χ3n) is 2.34. The number of nitrogens with one attached hydrogen (secondary N) is 1. The lowest BCUT2D eigenvalue weighted by molar-refractivity contribution is 0.212. The zero-order valence-electron chi connectivity index (χ0n) is 10.8. The minimum absolute atomic E-state index is 0.405. The molecule has 20 heavy (non-hydrogen) atoms. The Hall–Kier alpha value is -2.60. The average Bonchev–Trinajstić information content (AvgIpc) is 2.52. The lowest BCUT2D eigenvalue weighted by atomic mass is 10.3. The van der Waals surface area contributed by atoms with Gasteiger partial charge in [-0.15, -0.1) is 0 Å². The number of hydroxylamine groups is 1. The zero-order valence-corrected chi connectivity index (χ0v) is 10.8. The molecule has 0 radical (unpaired) electrons. The van der Waals surface area contributed by atoms with Gasteiger partial charge < -0.3 is 9.47 Å². The first-order chi connectivity index (χ1) is 9.88. The summed E-state index contributed by atoms with van der Waals surface area (Å²) in [4.78, 5) is 7.95. The summed E-state index contributed by atoms with van der Waals surface area (Å²) in [5.41, 5.74) is 2.43. The summed E-state index contributed by atoms with van der Waals surface area (Å²) in [6.07, 6.45) is 2.70. The zero-order chi connectivity index (χ0) is 14.0. The van der Waals surface area contributed by atoms with Crippen molar-refractivity contribution in [2.75, 3.05) is 13.2 Å². The summed E-state index contributed by atoms with van der Waals surface area (Å²) in [6, 6.07) is 13.0. The van der Waals surface area contributed by atoms with Gasteiger partial charge in [-0.3, -0.25) is 10.7 Å². The van der Waals surface area contributed by atoms with E-state index in [0.717, 1.165) is 12.1 Å². The molecule has 0 fully saturated rings. The van der Waals surface area contributed by atoms with E-state index in [4.69, 9.17) is 14.7 Å². The molecule has 0 unspecified atom stereocenters. The van der Waals surface area contributed by atoms with Gasteiger partial charge in [0.2, 0.25) is 5.88 Å². The molecule has 1 aromatic carbocycles. The Bertz CT molecular complexity index is 529. The third kappa shape index (κ3) is 4.58. The van der Waals surface area contributed by atoms with E-state index in [-0.39, 0.29) is 0 Å². The maximum absolute atomic E-state index is 8.36. The molecule has 2 rings (SSSR count). The maximum atomic E-state index is 8.36. The smallest absolute Gasteiger partial charge is 0.213 e. The first-order valence-corrected chi connectivity index (χ1v) is 6.07. The van der Waals surface area contributed by atoms with Crippen LogP contribution in [0.2, 0.25) is 0 Å². The number of hydrogen-bond acceptors (Lipinski definition) is 5. The number of ether oxygens (including phenoxy) is 2. The average molecular weight is 273 g/mol. The van der Waals surface area contributed by atoms with Crippen molar-refractivity contribution in [2.45, 2.75) is 0 Å². The molecular weight excluding hydrogens is 258 g/mol. The van der Waals surface area contributed by atoms with Crippen molar-refractivity contribution in [2.24, 2.45) is 4.99 Å². The van der Waals surface area contributed by atoms with Crippen molar-refractivity contribution in [3.8, 4) is 11.6 Å². The van der Waals surface area contributed by atoms with Crippen LogP contribution in [-0.2, 0) is 0 Å². The van der Waals surface area contributed by atoms with Crippen molar-refractivity contribution in [3.05, 3.63) is 48.7 Å². The molecule has 0 aliphatic heterocycles. The fraction of sp³-hybridized carbons (Fsp3) is 0.143. The summed E-state index contributed by atoms with van der Waals surface area (Å²) < 4.78 is 10.9. The molecule has 1 aromatic heterocycles. The summed E-state index contributed by atoms with van der Waals surface area (Å²) in [7, 11) is 0. The van der Waals surface area contributed by atoms with Crippen LogP contribution in [0.15, 0.2) is 53.7 Å². The molecule has 1 heterocycles. The predicted octanol–water partition coefficient (Wildman–Crippen LogP) is 2.18. The highest BCUT2D eigenvalue weighted by Gasteiger charge is 1.97. The van der Waals surface area contributed by atoms with Crippen LogP contribution in [0, 0.1) is 0 Å². The van der Waals surface area contributed by atoms with Crippen molar-refractivity contribution in [1.29, 1.82) is 0 Å². The molecule has 0 aliphatic carbocycles. The highest BCUT2D eigenvalue weighted by atomic mass is 16.5. The molecule has 6 heteroatoms.